The molecule has 1 aliphatic rings. The molecule has 21 heavy (non-hydrogen) atoms. The van der Waals surface area contributed by atoms with Crippen LogP contribution in [-0.2, 0) is 12.6 Å². The van der Waals surface area contributed by atoms with E-state index < -0.39 is 17.8 Å². The largest absolute Gasteiger partial charge is 0.416 e. The van der Waals surface area contributed by atoms with Gasteiger partial charge in [0.1, 0.15) is 0 Å². The van der Waals surface area contributed by atoms with Gasteiger partial charge in [-0.15, -0.1) is 0 Å². The van der Waals surface area contributed by atoms with Crippen molar-refractivity contribution in [2.45, 2.75) is 31.5 Å². The van der Waals surface area contributed by atoms with Crippen LogP contribution in [0.25, 0.3) is 5.69 Å². The summed E-state index contributed by atoms with van der Waals surface area (Å²) in [7, 11) is 0. The van der Waals surface area contributed by atoms with Crippen LogP contribution in [0.5, 0.6) is 0 Å². The van der Waals surface area contributed by atoms with E-state index in [0.717, 1.165) is 36.2 Å². The molecule has 1 aliphatic carbocycles. The van der Waals surface area contributed by atoms with Crippen molar-refractivity contribution in [3.8, 4) is 5.69 Å². The molecule has 1 heterocycles. The molecule has 1 atom stereocenters. The normalized spacial score (nSPS) is 18.6. The monoisotopic (exact) mass is 315 g/mol. The summed E-state index contributed by atoms with van der Waals surface area (Å²) in [5.74, 6) is 0. The Kier molecular flexibility index (Phi) is 3.50. The maximum atomic E-state index is 12.7. The summed E-state index contributed by atoms with van der Waals surface area (Å²) in [4.78, 5) is 0. The number of benzene rings is 1. The van der Waals surface area contributed by atoms with Gasteiger partial charge >= 0.3 is 6.18 Å². The van der Waals surface area contributed by atoms with E-state index in [9.17, 15) is 18.3 Å². The number of aliphatic hydroxyl groups is 1. The third kappa shape index (κ3) is 2.56. The quantitative estimate of drug-likeness (QED) is 0.822. The highest BCUT2D eigenvalue weighted by Gasteiger charge is 2.31. The lowest BCUT2D eigenvalue weighted by Crippen LogP contribution is -2.11. The number of halogens is 4. The van der Waals surface area contributed by atoms with Crippen molar-refractivity contribution in [1.29, 1.82) is 0 Å². The lowest BCUT2D eigenvalue weighted by atomic mass is 9.95. The highest BCUT2D eigenvalue weighted by molar-refractivity contribution is 6.32. The predicted molar refractivity (Wildman–Crippen MR) is 73.7 cm³/mol. The first-order valence-electron chi connectivity index (χ1n) is 6.63. The molecule has 0 saturated heterocycles. The number of aromatic nitrogens is 1. The molecule has 1 unspecified atom stereocenters. The van der Waals surface area contributed by atoms with Crippen LogP contribution >= 0.6 is 11.6 Å². The zero-order valence-electron chi connectivity index (χ0n) is 11.0. The molecule has 1 aromatic carbocycles. The predicted octanol–water partition coefficient (Wildman–Crippen LogP) is 4.52. The summed E-state index contributed by atoms with van der Waals surface area (Å²) in [6.45, 7) is 0. The van der Waals surface area contributed by atoms with E-state index in [4.69, 9.17) is 11.6 Å². The van der Waals surface area contributed by atoms with Gasteiger partial charge in [-0.25, -0.2) is 0 Å². The van der Waals surface area contributed by atoms with Gasteiger partial charge in [0.25, 0.3) is 0 Å². The SMILES string of the molecule is OC1CCCc2c1ccn2-c1ccc(C(F)(F)F)cc1Cl. The van der Waals surface area contributed by atoms with Crippen LogP contribution in [0.15, 0.2) is 30.5 Å². The van der Waals surface area contributed by atoms with E-state index in [-0.39, 0.29) is 5.02 Å². The second-order valence-corrected chi connectivity index (χ2v) is 5.57. The smallest absolute Gasteiger partial charge is 0.388 e. The first-order valence-corrected chi connectivity index (χ1v) is 7.01. The van der Waals surface area contributed by atoms with Crippen LogP contribution in [0.4, 0.5) is 13.2 Å². The third-order valence-corrected chi connectivity index (χ3v) is 4.11. The topological polar surface area (TPSA) is 25.2 Å². The number of hydrogen-bond acceptors (Lipinski definition) is 1. The van der Waals surface area contributed by atoms with Crippen molar-refractivity contribution >= 4 is 11.6 Å². The average molecular weight is 316 g/mol. The maximum Gasteiger partial charge on any atom is 0.416 e. The highest BCUT2D eigenvalue weighted by atomic mass is 35.5. The van der Waals surface area contributed by atoms with E-state index in [0.29, 0.717) is 12.1 Å². The average Bonchev–Trinajstić information content (AvgIpc) is 2.83. The molecule has 0 amide bonds. The first-order chi connectivity index (χ1) is 9.88. The molecule has 0 spiro atoms. The van der Waals surface area contributed by atoms with Crippen LogP contribution in [0.2, 0.25) is 5.02 Å². The van der Waals surface area contributed by atoms with Crippen molar-refractivity contribution < 1.29 is 18.3 Å². The molecule has 2 aromatic rings. The van der Waals surface area contributed by atoms with Crippen LogP contribution < -0.4 is 0 Å². The Balaban J connectivity index is 2.06. The highest BCUT2D eigenvalue weighted by Crippen LogP contribution is 2.36. The van der Waals surface area contributed by atoms with Crippen molar-refractivity contribution in [3.05, 3.63) is 52.3 Å². The molecule has 0 aliphatic heterocycles. The van der Waals surface area contributed by atoms with Crippen LogP contribution in [0.3, 0.4) is 0 Å². The molecule has 6 heteroatoms. The molecule has 2 nitrogen and oxygen atoms in total. The van der Waals surface area contributed by atoms with Gasteiger partial charge in [0.2, 0.25) is 0 Å². The number of hydrogen-bond donors (Lipinski definition) is 1. The second-order valence-electron chi connectivity index (χ2n) is 5.16. The molecule has 0 saturated carbocycles. The van der Waals surface area contributed by atoms with Gasteiger partial charge in [0.15, 0.2) is 0 Å². The number of nitrogens with zero attached hydrogens (tertiary/aromatic N) is 1. The van der Waals surface area contributed by atoms with E-state index in [1.807, 2.05) is 0 Å². The summed E-state index contributed by atoms with van der Waals surface area (Å²) in [5, 5.41) is 9.99. The van der Waals surface area contributed by atoms with Gasteiger partial charge in [-0.2, -0.15) is 13.2 Å². The third-order valence-electron chi connectivity index (χ3n) is 3.81. The lowest BCUT2D eigenvalue weighted by molar-refractivity contribution is -0.137. The minimum absolute atomic E-state index is 0.0447. The summed E-state index contributed by atoms with van der Waals surface area (Å²) in [6.07, 6.45) is -0.851. The molecule has 1 N–H and O–H groups in total. The van der Waals surface area contributed by atoms with Crippen LogP contribution in [0, 0.1) is 0 Å². The fourth-order valence-corrected chi connectivity index (χ4v) is 3.04. The molecule has 0 bridgehead atoms. The molecule has 0 radical (unpaired) electrons. The van der Waals surface area contributed by atoms with Crippen LogP contribution in [-0.4, -0.2) is 9.67 Å². The van der Waals surface area contributed by atoms with E-state index in [1.54, 1.807) is 16.8 Å². The van der Waals surface area contributed by atoms with Crippen molar-refractivity contribution in [1.82, 2.24) is 4.57 Å². The van der Waals surface area contributed by atoms with Gasteiger partial charge in [0, 0.05) is 17.5 Å². The molecule has 3 rings (SSSR count). The minimum Gasteiger partial charge on any atom is -0.388 e. The Morgan fingerprint density at radius 1 is 1.24 bits per heavy atom. The van der Waals surface area contributed by atoms with Crippen molar-refractivity contribution in [2.24, 2.45) is 0 Å². The lowest BCUT2D eigenvalue weighted by Gasteiger charge is -2.21. The molecule has 0 fully saturated rings. The Morgan fingerprint density at radius 2 is 2.00 bits per heavy atom. The summed E-state index contributed by atoms with van der Waals surface area (Å²) in [5.41, 5.74) is 1.48. The Hall–Kier alpha value is -1.46. The Labute approximate surface area is 124 Å². The minimum atomic E-state index is -4.41. The van der Waals surface area contributed by atoms with Gasteiger partial charge in [-0.05, 0) is 43.5 Å². The Bertz CT molecular complexity index is 678. The Morgan fingerprint density at radius 3 is 2.67 bits per heavy atom. The summed E-state index contributed by atoms with van der Waals surface area (Å²) < 4.78 is 39.8. The van der Waals surface area contributed by atoms with E-state index in [1.165, 1.54) is 6.07 Å². The fourth-order valence-electron chi connectivity index (χ4n) is 2.77. The van der Waals surface area contributed by atoms with Gasteiger partial charge in [0.05, 0.1) is 22.4 Å². The number of rotatable bonds is 1. The van der Waals surface area contributed by atoms with Gasteiger partial charge < -0.3 is 9.67 Å². The van der Waals surface area contributed by atoms with E-state index >= 15 is 0 Å². The molecule has 1 aromatic heterocycles. The number of fused-ring (bicyclic) bond motifs is 1. The van der Waals surface area contributed by atoms with E-state index in [2.05, 4.69) is 0 Å². The molecule has 112 valence electrons. The maximum absolute atomic E-state index is 12.7. The zero-order chi connectivity index (χ0) is 15.2. The number of alkyl halides is 3. The van der Waals surface area contributed by atoms with Crippen LogP contribution in [0.1, 0.15) is 35.8 Å². The van der Waals surface area contributed by atoms with Crippen molar-refractivity contribution in [3.63, 3.8) is 0 Å². The standard InChI is InChI=1S/C15H13ClF3NO/c16-11-8-9(15(17,18)19)4-5-13(11)20-7-6-10-12(20)2-1-3-14(10)21/h4-8,14,21H,1-3H2. The zero-order valence-corrected chi connectivity index (χ0v) is 11.7. The van der Waals surface area contributed by atoms with Gasteiger partial charge in [-0.1, -0.05) is 11.6 Å². The molecular weight excluding hydrogens is 303 g/mol. The second kappa shape index (κ2) is 5.07. The molecular formula is C15H13ClF3NO. The first kappa shape index (κ1) is 14.5. The summed E-state index contributed by atoms with van der Waals surface area (Å²) in [6, 6.07) is 5.12. The van der Waals surface area contributed by atoms with Crippen molar-refractivity contribution in [2.75, 3.05) is 0 Å². The fraction of sp³-hybridized carbons (Fsp3) is 0.333. The summed E-state index contributed by atoms with van der Waals surface area (Å²) >= 11 is 6.02. The number of aliphatic hydroxyl groups excluding tert-OH is 1. The van der Waals surface area contributed by atoms with Gasteiger partial charge in [-0.3, -0.25) is 0 Å².